The van der Waals surface area contributed by atoms with Gasteiger partial charge in [-0.15, -0.1) is 11.3 Å². The number of methoxy groups -OCH3 is 2. The largest absolute Gasteiger partial charge is 0.497 e. The number of halogens is 1. The summed E-state index contributed by atoms with van der Waals surface area (Å²) in [5.74, 6) is 0.316. The summed E-state index contributed by atoms with van der Waals surface area (Å²) in [5, 5.41) is 1.97. The quantitative estimate of drug-likeness (QED) is 0.363. The SMILES string of the molecule is COCCN(CC(=O)N1CCc2sccc2C1COc1ccc(F)cc1)S(=O)(=O)c1ccc(OC)cc1. The molecule has 2 aromatic carbocycles. The molecule has 1 aliphatic heterocycles. The number of hydrogen-bond acceptors (Lipinski definition) is 7. The summed E-state index contributed by atoms with van der Waals surface area (Å²) in [6.45, 7) is 0.401. The van der Waals surface area contributed by atoms with Crippen molar-refractivity contribution < 1.29 is 31.8 Å². The Morgan fingerprint density at radius 3 is 2.46 bits per heavy atom. The van der Waals surface area contributed by atoms with Crippen molar-refractivity contribution in [2.75, 3.05) is 47.1 Å². The fourth-order valence-electron chi connectivity index (χ4n) is 4.20. The molecule has 8 nitrogen and oxygen atoms in total. The molecule has 0 radical (unpaired) electrons. The number of sulfonamides is 1. The Hall–Kier alpha value is -2.99. The summed E-state index contributed by atoms with van der Waals surface area (Å²) < 4.78 is 57.5. The van der Waals surface area contributed by atoms with Gasteiger partial charge in [-0.1, -0.05) is 0 Å². The van der Waals surface area contributed by atoms with Crippen LogP contribution in [0.25, 0.3) is 0 Å². The number of nitrogens with zero attached hydrogens (tertiary/aromatic N) is 2. The van der Waals surface area contributed by atoms with E-state index in [1.54, 1.807) is 28.4 Å². The first-order valence-corrected chi connectivity index (χ1v) is 14.0. The van der Waals surface area contributed by atoms with Crippen LogP contribution < -0.4 is 9.47 Å². The fraction of sp³-hybridized carbons (Fsp3) is 0.346. The molecule has 2 heterocycles. The van der Waals surface area contributed by atoms with Crippen LogP contribution in [0.2, 0.25) is 0 Å². The van der Waals surface area contributed by atoms with Gasteiger partial charge in [-0.3, -0.25) is 4.79 Å². The summed E-state index contributed by atoms with van der Waals surface area (Å²) in [4.78, 5) is 16.5. The van der Waals surface area contributed by atoms with Crippen molar-refractivity contribution in [3.63, 3.8) is 0 Å². The third-order valence-corrected chi connectivity index (χ3v) is 9.05. The Kier molecular flexibility index (Phi) is 8.80. The smallest absolute Gasteiger partial charge is 0.243 e. The summed E-state index contributed by atoms with van der Waals surface area (Å²) in [5.41, 5.74) is 0.980. The molecule has 1 atom stereocenters. The van der Waals surface area contributed by atoms with E-state index in [9.17, 15) is 17.6 Å². The average Bonchev–Trinajstić information content (AvgIpc) is 3.39. The van der Waals surface area contributed by atoms with Crippen LogP contribution >= 0.6 is 11.3 Å². The molecule has 1 aromatic heterocycles. The predicted molar refractivity (Wildman–Crippen MR) is 138 cm³/mol. The monoisotopic (exact) mass is 548 g/mol. The van der Waals surface area contributed by atoms with E-state index in [2.05, 4.69) is 0 Å². The van der Waals surface area contributed by atoms with Gasteiger partial charge >= 0.3 is 0 Å². The zero-order valence-corrected chi connectivity index (χ0v) is 22.3. The first-order chi connectivity index (χ1) is 17.8. The molecule has 198 valence electrons. The van der Waals surface area contributed by atoms with E-state index >= 15 is 0 Å². The molecule has 37 heavy (non-hydrogen) atoms. The maximum atomic E-state index is 13.6. The van der Waals surface area contributed by atoms with Gasteiger partial charge in [0.25, 0.3) is 0 Å². The summed E-state index contributed by atoms with van der Waals surface area (Å²) in [6.07, 6.45) is 0.676. The highest BCUT2D eigenvalue weighted by Crippen LogP contribution is 2.34. The van der Waals surface area contributed by atoms with Gasteiger partial charge in [0.1, 0.15) is 23.9 Å². The van der Waals surface area contributed by atoms with Crippen molar-refractivity contribution in [1.82, 2.24) is 9.21 Å². The normalized spacial score (nSPS) is 15.5. The van der Waals surface area contributed by atoms with Crippen molar-refractivity contribution in [2.45, 2.75) is 17.4 Å². The summed E-state index contributed by atoms with van der Waals surface area (Å²) >= 11 is 1.62. The van der Waals surface area contributed by atoms with Crippen molar-refractivity contribution in [3.05, 3.63) is 76.2 Å². The van der Waals surface area contributed by atoms with E-state index < -0.39 is 16.1 Å². The number of carbonyl (C=O) groups excluding carboxylic acids is 1. The van der Waals surface area contributed by atoms with Crippen LogP contribution in [-0.4, -0.2) is 70.6 Å². The summed E-state index contributed by atoms with van der Waals surface area (Å²) in [6, 6.07) is 13.3. The second kappa shape index (κ2) is 12.0. The lowest BCUT2D eigenvalue weighted by Gasteiger charge is -2.37. The highest BCUT2D eigenvalue weighted by molar-refractivity contribution is 7.89. The molecule has 0 aliphatic carbocycles. The van der Waals surface area contributed by atoms with Crippen molar-refractivity contribution in [1.29, 1.82) is 0 Å². The van der Waals surface area contributed by atoms with Gasteiger partial charge < -0.3 is 19.1 Å². The molecular formula is C26H29FN2O6S2. The maximum Gasteiger partial charge on any atom is 0.243 e. The van der Waals surface area contributed by atoms with Crippen LogP contribution in [0.4, 0.5) is 4.39 Å². The van der Waals surface area contributed by atoms with E-state index in [4.69, 9.17) is 14.2 Å². The summed E-state index contributed by atoms with van der Waals surface area (Å²) in [7, 11) is -0.994. The molecule has 4 rings (SSSR count). The lowest BCUT2D eigenvalue weighted by atomic mass is 10.0. The van der Waals surface area contributed by atoms with Gasteiger partial charge in [-0.2, -0.15) is 4.31 Å². The Morgan fingerprint density at radius 2 is 1.78 bits per heavy atom. The van der Waals surface area contributed by atoms with Crippen LogP contribution in [0.1, 0.15) is 16.5 Å². The van der Waals surface area contributed by atoms with Gasteiger partial charge in [0.15, 0.2) is 0 Å². The van der Waals surface area contributed by atoms with Crippen LogP contribution in [0, 0.1) is 5.82 Å². The molecule has 0 N–H and O–H groups in total. The van der Waals surface area contributed by atoms with Crippen LogP contribution in [0.5, 0.6) is 11.5 Å². The Bertz CT molecular complexity index is 1300. The number of fused-ring (bicyclic) bond motifs is 1. The maximum absolute atomic E-state index is 13.6. The van der Waals surface area contributed by atoms with Gasteiger partial charge in [0.2, 0.25) is 15.9 Å². The Labute approximate surface area is 220 Å². The highest BCUT2D eigenvalue weighted by atomic mass is 32.2. The molecule has 1 amide bonds. The minimum atomic E-state index is -3.97. The number of hydrogen-bond donors (Lipinski definition) is 0. The zero-order chi connectivity index (χ0) is 26.4. The van der Waals surface area contributed by atoms with E-state index in [-0.39, 0.29) is 42.9 Å². The van der Waals surface area contributed by atoms with Crippen LogP contribution in [0.3, 0.4) is 0 Å². The van der Waals surface area contributed by atoms with Crippen LogP contribution in [-0.2, 0) is 26.0 Å². The van der Waals surface area contributed by atoms with E-state index in [0.717, 1.165) is 9.87 Å². The number of benzene rings is 2. The molecule has 0 saturated heterocycles. The second-order valence-electron chi connectivity index (χ2n) is 8.42. The topological polar surface area (TPSA) is 85.4 Å². The molecule has 11 heteroatoms. The molecule has 1 aliphatic rings. The fourth-order valence-corrected chi connectivity index (χ4v) is 6.50. The first kappa shape index (κ1) is 27.1. The van der Waals surface area contributed by atoms with Gasteiger partial charge in [-0.05, 0) is 72.0 Å². The lowest BCUT2D eigenvalue weighted by Crippen LogP contribution is -2.48. The predicted octanol–water partition coefficient (Wildman–Crippen LogP) is 3.74. The van der Waals surface area contributed by atoms with Crippen molar-refractivity contribution >= 4 is 27.3 Å². The molecule has 0 spiro atoms. The molecule has 1 unspecified atom stereocenters. The van der Waals surface area contributed by atoms with E-state index in [1.807, 2.05) is 11.4 Å². The minimum Gasteiger partial charge on any atom is -0.497 e. The number of carbonyl (C=O) groups is 1. The first-order valence-electron chi connectivity index (χ1n) is 11.7. The standard InChI is InChI=1S/C26H29FN2O6S2/c1-33-15-14-28(37(31,32)22-9-7-20(34-2)8-10-22)17-26(30)29-13-11-25-23(12-16-36-25)24(29)18-35-21-5-3-19(27)4-6-21/h3-10,12,16,24H,11,13-15,17-18H2,1-2H3. The van der Waals surface area contributed by atoms with Gasteiger partial charge in [-0.25, -0.2) is 12.8 Å². The number of thiophene rings is 1. The zero-order valence-electron chi connectivity index (χ0n) is 20.6. The van der Waals surface area contributed by atoms with Crippen molar-refractivity contribution in [3.8, 4) is 11.5 Å². The Balaban J connectivity index is 1.55. The molecule has 0 bridgehead atoms. The number of rotatable bonds is 11. The van der Waals surface area contributed by atoms with Crippen molar-refractivity contribution in [2.24, 2.45) is 0 Å². The average molecular weight is 549 g/mol. The Morgan fingerprint density at radius 1 is 1.08 bits per heavy atom. The van der Waals surface area contributed by atoms with Gasteiger partial charge in [0, 0.05) is 25.1 Å². The third kappa shape index (κ3) is 6.30. The number of ether oxygens (including phenoxy) is 3. The minimum absolute atomic E-state index is 0.0187. The van der Waals surface area contributed by atoms with E-state index in [1.165, 1.54) is 55.5 Å². The molecule has 3 aromatic rings. The number of amides is 1. The third-order valence-electron chi connectivity index (χ3n) is 6.19. The lowest BCUT2D eigenvalue weighted by molar-refractivity contribution is -0.135. The molecular weight excluding hydrogens is 519 g/mol. The van der Waals surface area contributed by atoms with Crippen LogP contribution in [0.15, 0.2) is 64.9 Å². The molecule has 0 saturated carbocycles. The van der Waals surface area contributed by atoms with E-state index in [0.29, 0.717) is 24.5 Å². The second-order valence-corrected chi connectivity index (χ2v) is 11.4. The highest BCUT2D eigenvalue weighted by Gasteiger charge is 2.35. The van der Waals surface area contributed by atoms with Gasteiger partial charge in [0.05, 0.1) is 31.2 Å². The molecule has 0 fully saturated rings.